The van der Waals surface area contributed by atoms with E-state index in [4.69, 9.17) is 9.84 Å². The third kappa shape index (κ3) is 4.89. The van der Waals surface area contributed by atoms with Crippen molar-refractivity contribution in [2.45, 2.75) is 23.9 Å². The van der Waals surface area contributed by atoms with Crippen molar-refractivity contribution in [3.63, 3.8) is 0 Å². The fourth-order valence-electron chi connectivity index (χ4n) is 2.77. The van der Waals surface area contributed by atoms with Crippen LogP contribution in [0.1, 0.15) is 33.6 Å². The van der Waals surface area contributed by atoms with Crippen LogP contribution >= 0.6 is 0 Å². The van der Waals surface area contributed by atoms with Crippen LogP contribution in [0.25, 0.3) is 0 Å². The number of carboxylic acid groups (broad SMARTS) is 1. The number of ether oxygens (including phenoxy) is 1. The Labute approximate surface area is 170 Å². The number of carbonyl (C=O) groups excluding carboxylic acids is 1. The van der Waals surface area contributed by atoms with Crippen molar-refractivity contribution in [3.8, 4) is 0 Å². The van der Waals surface area contributed by atoms with Gasteiger partial charge < -0.3 is 15.2 Å². The summed E-state index contributed by atoms with van der Waals surface area (Å²) in [5, 5.41) is 11.0. The smallest absolute Gasteiger partial charge is 0.338 e. The van der Waals surface area contributed by atoms with Crippen LogP contribution < -0.4 is 10.0 Å². The highest BCUT2D eigenvalue weighted by Gasteiger charge is 2.22. The van der Waals surface area contributed by atoms with Crippen LogP contribution in [0, 0.1) is 11.6 Å². The second kappa shape index (κ2) is 8.71. The van der Waals surface area contributed by atoms with Crippen molar-refractivity contribution in [1.29, 1.82) is 0 Å². The maximum absolute atomic E-state index is 14.0. The molecule has 3 N–H and O–H groups in total. The average molecular weight is 441 g/mol. The van der Waals surface area contributed by atoms with Crippen molar-refractivity contribution in [2.24, 2.45) is 0 Å². The molecule has 2 heterocycles. The standard InChI is InChI=1S/C18H17F2N3O6S/c19-13-8-15(14(20)7-12(13)18(25)26)23-30(27,28)16-2-1-10(9-21-16)17(24)22-11-3-5-29-6-4-11/h1-2,7-9,11,23H,3-6H2,(H,22,24)(H,25,26). The number of carboxylic acids is 1. The molecule has 0 bridgehead atoms. The Bertz CT molecular complexity index is 1070. The van der Waals surface area contributed by atoms with E-state index in [2.05, 4.69) is 10.3 Å². The molecule has 1 aromatic heterocycles. The number of halogens is 2. The zero-order chi connectivity index (χ0) is 21.9. The molecule has 12 heteroatoms. The summed E-state index contributed by atoms with van der Waals surface area (Å²) in [5.74, 6) is -4.71. The number of anilines is 1. The number of hydrogen-bond donors (Lipinski definition) is 3. The summed E-state index contributed by atoms with van der Waals surface area (Å²) >= 11 is 0. The highest BCUT2D eigenvalue weighted by Crippen LogP contribution is 2.22. The van der Waals surface area contributed by atoms with Crippen molar-refractivity contribution in [3.05, 3.63) is 53.2 Å². The molecule has 1 fully saturated rings. The maximum atomic E-state index is 14.0. The molecule has 160 valence electrons. The lowest BCUT2D eigenvalue weighted by atomic mass is 10.1. The second-order valence-electron chi connectivity index (χ2n) is 6.47. The van der Waals surface area contributed by atoms with Gasteiger partial charge in [-0.1, -0.05) is 0 Å². The van der Waals surface area contributed by atoms with Gasteiger partial charge in [-0.2, -0.15) is 8.42 Å². The van der Waals surface area contributed by atoms with Crippen LogP contribution in [-0.4, -0.2) is 49.6 Å². The number of hydrogen-bond acceptors (Lipinski definition) is 6. The first-order valence-electron chi connectivity index (χ1n) is 8.77. The molecule has 1 aliphatic rings. The summed E-state index contributed by atoms with van der Waals surface area (Å²) in [6.07, 6.45) is 2.38. The van der Waals surface area contributed by atoms with E-state index in [1.807, 2.05) is 4.72 Å². The lowest BCUT2D eigenvalue weighted by molar-refractivity contribution is 0.0685. The van der Waals surface area contributed by atoms with E-state index < -0.39 is 49.8 Å². The summed E-state index contributed by atoms with van der Waals surface area (Å²) in [4.78, 5) is 26.8. The number of nitrogens with zero attached hydrogens (tertiary/aromatic N) is 1. The molecule has 2 aromatic rings. The van der Waals surface area contributed by atoms with Gasteiger partial charge in [0.2, 0.25) is 0 Å². The van der Waals surface area contributed by atoms with Gasteiger partial charge in [0.15, 0.2) is 5.03 Å². The third-order valence-corrected chi connectivity index (χ3v) is 5.64. The first-order chi connectivity index (χ1) is 14.2. The molecule has 3 rings (SSSR count). The van der Waals surface area contributed by atoms with E-state index >= 15 is 0 Å². The number of aromatic nitrogens is 1. The number of rotatable bonds is 6. The van der Waals surface area contributed by atoms with E-state index in [1.54, 1.807) is 0 Å². The predicted octanol–water partition coefficient (Wildman–Crippen LogP) is 1.77. The molecular weight excluding hydrogens is 424 g/mol. The number of amides is 1. The van der Waals surface area contributed by atoms with E-state index in [0.29, 0.717) is 38.2 Å². The van der Waals surface area contributed by atoms with E-state index in [1.165, 1.54) is 6.07 Å². The van der Waals surface area contributed by atoms with E-state index in [-0.39, 0.29) is 11.6 Å². The van der Waals surface area contributed by atoms with Crippen molar-refractivity contribution < 1.29 is 36.6 Å². The van der Waals surface area contributed by atoms with E-state index in [0.717, 1.165) is 12.3 Å². The molecule has 0 aliphatic carbocycles. The van der Waals surface area contributed by atoms with Crippen LogP contribution in [-0.2, 0) is 14.8 Å². The Morgan fingerprint density at radius 3 is 2.43 bits per heavy atom. The lowest BCUT2D eigenvalue weighted by Crippen LogP contribution is -2.38. The van der Waals surface area contributed by atoms with Gasteiger partial charge in [0.05, 0.1) is 16.8 Å². The Kier molecular flexibility index (Phi) is 6.27. The van der Waals surface area contributed by atoms with Crippen molar-refractivity contribution >= 4 is 27.6 Å². The fraction of sp³-hybridized carbons (Fsp3) is 0.278. The Morgan fingerprint density at radius 1 is 1.13 bits per heavy atom. The summed E-state index contributed by atoms with van der Waals surface area (Å²) in [6, 6.07) is 3.02. The first-order valence-corrected chi connectivity index (χ1v) is 10.3. The van der Waals surface area contributed by atoms with Crippen molar-refractivity contribution in [1.82, 2.24) is 10.3 Å². The SMILES string of the molecule is O=C(NC1CCOCC1)c1ccc(S(=O)(=O)Nc2cc(F)c(C(=O)O)cc2F)nc1. The summed E-state index contributed by atoms with van der Waals surface area (Å²) < 4.78 is 59.5. The molecule has 1 aromatic carbocycles. The molecular formula is C18H17F2N3O6S. The average Bonchev–Trinajstić information content (AvgIpc) is 2.71. The van der Waals surface area contributed by atoms with Gasteiger partial charge in [0.25, 0.3) is 15.9 Å². The predicted molar refractivity (Wildman–Crippen MR) is 99.7 cm³/mol. The van der Waals surface area contributed by atoms with Crippen LogP contribution in [0.15, 0.2) is 35.5 Å². The van der Waals surface area contributed by atoms with Gasteiger partial charge in [-0.05, 0) is 31.0 Å². The molecule has 1 aliphatic heterocycles. The molecule has 0 radical (unpaired) electrons. The topological polar surface area (TPSA) is 135 Å². The zero-order valence-corrected chi connectivity index (χ0v) is 16.2. The monoisotopic (exact) mass is 441 g/mol. The molecule has 1 amide bonds. The minimum atomic E-state index is -4.42. The van der Waals surface area contributed by atoms with Crippen molar-refractivity contribution in [2.75, 3.05) is 17.9 Å². The van der Waals surface area contributed by atoms with Crippen LogP contribution in [0.2, 0.25) is 0 Å². The quantitative estimate of drug-likeness (QED) is 0.622. The minimum Gasteiger partial charge on any atom is -0.478 e. The Morgan fingerprint density at radius 2 is 1.83 bits per heavy atom. The lowest BCUT2D eigenvalue weighted by Gasteiger charge is -2.23. The van der Waals surface area contributed by atoms with Crippen LogP contribution in [0.4, 0.5) is 14.5 Å². The molecule has 0 atom stereocenters. The highest BCUT2D eigenvalue weighted by molar-refractivity contribution is 7.92. The maximum Gasteiger partial charge on any atom is 0.338 e. The van der Waals surface area contributed by atoms with Gasteiger partial charge in [-0.25, -0.2) is 18.6 Å². The molecule has 9 nitrogen and oxygen atoms in total. The van der Waals surface area contributed by atoms with Gasteiger partial charge in [0.1, 0.15) is 11.6 Å². The van der Waals surface area contributed by atoms with Gasteiger partial charge >= 0.3 is 5.97 Å². The Balaban J connectivity index is 1.74. The molecule has 0 unspecified atom stereocenters. The largest absolute Gasteiger partial charge is 0.478 e. The molecule has 1 saturated heterocycles. The zero-order valence-electron chi connectivity index (χ0n) is 15.4. The number of nitrogens with one attached hydrogen (secondary N) is 2. The molecule has 0 saturated carbocycles. The fourth-order valence-corrected chi connectivity index (χ4v) is 3.76. The Hall–Kier alpha value is -3.12. The normalized spacial score (nSPS) is 14.9. The summed E-state index contributed by atoms with van der Waals surface area (Å²) in [7, 11) is -4.42. The summed E-state index contributed by atoms with van der Waals surface area (Å²) in [6.45, 7) is 1.08. The summed E-state index contributed by atoms with van der Waals surface area (Å²) in [5.41, 5.74) is -1.59. The number of sulfonamides is 1. The van der Waals surface area contributed by atoms with Gasteiger partial charge in [0, 0.05) is 31.5 Å². The first kappa shape index (κ1) is 21.6. The van der Waals surface area contributed by atoms with E-state index in [9.17, 15) is 26.8 Å². The minimum absolute atomic E-state index is 0.0528. The van der Waals surface area contributed by atoms with Gasteiger partial charge in [-0.15, -0.1) is 0 Å². The number of benzene rings is 1. The second-order valence-corrected chi connectivity index (χ2v) is 8.10. The number of carbonyl (C=O) groups is 2. The third-order valence-electron chi connectivity index (χ3n) is 4.36. The van der Waals surface area contributed by atoms with Crippen LogP contribution in [0.3, 0.4) is 0 Å². The number of aromatic carboxylic acids is 1. The van der Waals surface area contributed by atoms with Crippen LogP contribution in [0.5, 0.6) is 0 Å². The molecule has 30 heavy (non-hydrogen) atoms. The number of pyridine rings is 1. The highest BCUT2D eigenvalue weighted by atomic mass is 32.2. The van der Waals surface area contributed by atoms with Gasteiger partial charge in [-0.3, -0.25) is 9.52 Å². The molecule has 0 spiro atoms.